The first-order valence-corrected chi connectivity index (χ1v) is 9.06. The van der Waals surface area contributed by atoms with Crippen LogP contribution >= 0.6 is 0 Å². The summed E-state index contributed by atoms with van der Waals surface area (Å²) in [5.74, 6) is 1.11. The van der Waals surface area contributed by atoms with E-state index in [9.17, 15) is 4.79 Å². The van der Waals surface area contributed by atoms with Crippen molar-refractivity contribution in [3.63, 3.8) is 0 Å². The number of likely N-dealkylation sites (tertiary alicyclic amines) is 1. The molecule has 1 N–H and O–H groups in total. The van der Waals surface area contributed by atoms with Gasteiger partial charge in [-0.25, -0.2) is 4.79 Å². The van der Waals surface area contributed by atoms with Crippen LogP contribution in [0.4, 0.5) is 4.79 Å². The van der Waals surface area contributed by atoms with Gasteiger partial charge in [0.1, 0.15) is 0 Å². The molecule has 2 aliphatic rings. The summed E-state index contributed by atoms with van der Waals surface area (Å²) in [6.45, 7) is 5.22. The molecule has 2 aromatic heterocycles. The molecule has 2 saturated heterocycles. The topological polar surface area (TPSA) is 93.4 Å². The van der Waals surface area contributed by atoms with E-state index in [4.69, 9.17) is 9.15 Å². The third-order valence-corrected chi connectivity index (χ3v) is 5.42. The van der Waals surface area contributed by atoms with Crippen LogP contribution in [0.2, 0.25) is 0 Å². The van der Waals surface area contributed by atoms with E-state index in [0.717, 1.165) is 18.4 Å². The number of urea groups is 1. The van der Waals surface area contributed by atoms with Crippen LogP contribution in [0, 0.1) is 5.41 Å². The lowest BCUT2D eigenvalue weighted by Crippen LogP contribution is -2.41. The van der Waals surface area contributed by atoms with Gasteiger partial charge >= 0.3 is 6.03 Å². The quantitative estimate of drug-likeness (QED) is 0.904. The minimum atomic E-state index is -0.0641. The van der Waals surface area contributed by atoms with E-state index in [0.29, 0.717) is 44.6 Å². The van der Waals surface area contributed by atoms with Crippen LogP contribution in [0.5, 0.6) is 0 Å². The van der Waals surface area contributed by atoms with Crippen molar-refractivity contribution < 1.29 is 13.9 Å². The second-order valence-electron chi connectivity index (χ2n) is 6.92. The Morgan fingerprint density at radius 2 is 2.08 bits per heavy atom. The summed E-state index contributed by atoms with van der Waals surface area (Å²) in [5, 5.41) is 11.4. The van der Waals surface area contributed by atoms with Gasteiger partial charge in [-0.05, 0) is 31.9 Å². The summed E-state index contributed by atoms with van der Waals surface area (Å²) in [6, 6.07) is 3.66. The van der Waals surface area contributed by atoms with E-state index >= 15 is 0 Å². The number of carbonyl (C=O) groups is 1. The Kier molecular flexibility index (Phi) is 4.58. The predicted molar refractivity (Wildman–Crippen MR) is 93.4 cm³/mol. The Bertz CT molecular complexity index is 757. The summed E-state index contributed by atoms with van der Waals surface area (Å²) < 4.78 is 11.6. The molecule has 4 rings (SSSR count). The van der Waals surface area contributed by atoms with Gasteiger partial charge in [-0.1, -0.05) is 0 Å². The molecule has 8 heteroatoms. The summed E-state index contributed by atoms with van der Waals surface area (Å²) in [6.07, 6.45) is 5.18. The zero-order valence-electron chi connectivity index (χ0n) is 14.9. The first-order valence-electron chi connectivity index (χ1n) is 9.06. The molecular weight excluding hydrogens is 334 g/mol. The number of amides is 2. The maximum absolute atomic E-state index is 12.4. The van der Waals surface area contributed by atoms with Crippen LogP contribution in [-0.4, -0.2) is 59.0 Å². The average Bonchev–Trinajstić information content (AvgIpc) is 3.29. The number of rotatable bonds is 3. The van der Waals surface area contributed by atoms with Crippen LogP contribution in [0.1, 0.15) is 31.6 Å². The van der Waals surface area contributed by atoms with Crippen LogP contribution < -0.4 is 5.32 Å². The summed E-state index contributed by atoms with van der Waals surface area (Å²) >= 11 is 0. The maximum Gasteiger partial charge on any atom is 0.317 e. The molecule has 2 fully saturated rings. The van der Waals surface area contributed by atoms with Crippen LogP contribution in [0.15, 0.2) is 28.9 Å². The molecule has 8 nitrogen and oxygen atoms in total. The van der Waals surface area contributed by atoms with Gasteiger partial charge in [0.25, 0.3) is 0 Å². The fraction of sp³-hybridized carbons (Fsp3) is 0.556. The van der Waals surface area contributed by atoms with Gasteiger partial charge in [-0.2, -0.15) is 0 Å². The predicted octanol–water partition coefficient (Wildman–Crippen LogP) is 2.06. The molecule has 2 aromatic rings. The minimum absolute atomic E-state index is 0.0251. The van der Waals surface area contributed by atoms with Crippen molar-refractivity contribution >= 4 is 6.03 Å². The van der Waals surface area contributed by atoms with Crippen LogP contribution in [-0.2, 0) is 4.74 Å². The second kappa shape index (κ2) is 7.03. The largest absolute Gasteiger partial charge is 0.420 e. The summed E-state index contributed by atoms with van der Waals surface area (Å²) in [5.41, 5.74) is 0.782. The fourth-order valence-corrected chi connectivity index (χ4v) is 4.00. The molecule has 1 atom stereocenters. The van der Waals surface area contributed by atoms with Gasteiger partial charge in [0.05, 0.1) is 5.92 Å². The SMILES string of the molecule is CCNC(=O)N1CC(c2nnc(-c3ccncc3)o2)C2(CCOCC2)C1. The van der Waals surface area contributed by atoms with Gasteiger partial charge in [0.2, 0.25) is 11.8 Å². The highest BCUT2D eigenvalue weighted by Crippen LogP contribution is 2.49. The first-order chi connectivity index (χ1) is 12.7. The van der Waals surface area contributed by atoms with Gasteiger partial charge < -0.3 is 19.4 Å². The number of ether oxygens (including phenoxy) is 1. The highest BCUT2D eigenvalue weighted by atomic mass is 16.5. The van der Waals surface area contributed by atoms with E-state index in [1.165, 1.54) is 0 Å². The van der Waals surface area contributed by atoms with Crippen molar-refractivity contribution in [2.45, 2.75) is 25.7 Å². The van der Waals surface area contributed by atoms with E-state index in [2.05, 4.69) is 20.5 Å². The van der Waals surface area contributed by atoms with Crippen molar-refractivity contribution in [1.82, 2.24) is 25.4 Å². The molecule has 0 aromatic carbocycles. The highest BCUT2D eigenvalue weighted by molar-refractivity contribution is 5.74. The van der Waals surface area contributed by atoms with E-state index in [1.54, 1.807) is 12.4 Å². The maximum atomic E-state index is 12.4. The third-order valence-electron chi connectivity index (χ3n) is 5.42. The monoisotopic (exact) mass is 357 g/mol. The lowest BCUT2D eigenvalue weighted by molar-refractivity contribution is 0.0102. The smallest absolute Gasteiger partial charge is 0.317 e. The standard InChI is InChI=1S/C18H23N5O3/c1-2-20-17(24)23-11-14(18(12-23)5-9-25-10-6-18)16-22-21-15(26-16)13-3-7-19-8-4-13/h3-4,7-8,14H,2,5-6,9-12H2,1H3,(H,20,24). The lowest BCUT2D eigenvalue weighted by atomic mass is 9.72. The van der Waals surface area contributed by atoms with Gasteiger partial charge in [0.15, 0.2) is 0 Å². The molecule has 2 amide bonds. The number of carbonyl (C=O) groups excluding carboxylic acids is 1. The molecule has 2 aliphatic heterocycles. The Hall–Kier alpha value is -2.48. The van der Waals surface area contributed by atoms with Gasteiger partial charge in [-0.15, -0.1) is 10.2 Å². The number of hydrogen-bond acceptors (Lipinski definition) is 6. The summed E-state index contributed by atoms with van der Waals surface area (Å²) in [7, 11) is 0. The minimum Gasteiger partial charge on any atom is -0.420 e. The summed E-state index contributed by atoms with van der Waals surface area (Å²) in [4.78, 5) is 18.3. The average molecular weight is 357 g/mol. The number of nitrogens with zero attached hydrogens (tertiary/aromatic N) is 4. The Morgan fingerprint density at radius 3 is 2.81 bits per heavy atom. The second-order valence-corrected chi connectivity index (χ2v) is 6.92. The first kappa shape index (κ1) is 17.0. The number of nitrogens with one attached hydrogen (secondary N) is 1. The molecular formula is C18H23N5O3. The van der Waals surface area contributed by atoms with Crippen LogP contribution in [0.3, 0.4) is 0 Å². The zero-order chi connectivity index (χ0) is 18.0. The van der Waals surface area contributed by atoms with Crippen molar-refractivity contribution in [1.29, 1.82) is 0 Å². The lowest BCUT2D eigenvalue weighted by Gasteiger charge is -2.36. The molecule has 0 saturated carbocycles. The molecule has 0 radical (unpaired) electrons. The van der Waals surface area contributed by atoms with Gasteiger partial charge in [0, 0.05) is 56.2 Å². The zero-order valence-corrected chi connectivity index (χ0v) is 14.9. The normalized spacial score (nSPS) is 21.9. The number of aromatic nitrogens is 3. The van der Waals surface area contributed by atoms with Crippen molar-refractivity contribution in [3.8, 4) is 11.5 Å². The van der Waals surface area contributed by atoms with E-state index < -0.39 is 0 Å². The van der Waals surface area contributed by atoms with Crippen molar-refractivity contribution in [3.05, 3.63) is 30.4 Å². The molecule has 4 heterocycles. The Balaban J connectivity index is 1.62. The van der Waals surface area contributed by atoms with E-state index in [1.807, 2.05) is 24.0 Å². The molecule has 1 spiro atoms. The fourth-order valence-electron chi connectivity index (χ4n) is 4.00. The molecule has 0 aliphatic carbocycles. The highest BCUT2D eigenvalue weighted by Gasteiger charge is 2.51. The molecule has 138 valence electrons. The van der Waals surface area contributed by atoms with Crippen molar-refractivity contribution in [2.75, 3.05) is 32.8 Å². The van der Waals surface area contributed by atoms with Crippen molar-refractivity contribution in [2.24, 2.45) is 5.41 Å². The molecule has 1 unspecified atom stereocenters. The number of pyridine rings is 1. The Labute approximate surface area is 151 Å². The molecule has 0 bridgehead atoms. The van der Waals surface area contributed by atoms with Gasteiger partial charge in [-0.3, -0.25) is 4.98 Å². The Morgan fingerprint density at radius 1 is 1.31 bits per heavy atom. The number of hydrogen-bond donors (Lipinski definition) is 1. The third kappa shape index (κ3) is 3.05. The van der Waals surface area contributed by atoms with E-state index in [-0.39, 0.29) is 17.4 Å². The molecule has 26 heavy (non-hydrogen) atoms. The van der Waals surface area contributed by atoms with Crippen LogP contribution in [0.25, 0.3) is 11.5 Å².